The van der Waals surface area contributed by atoms with E-state index in [2.05, 4.69) is 47.5 Å². The Kier molecular flexibility index (Phi) is 6.60. The number of allylic oxidation sites excluding steroid dienone is 1. The molecular weight excluding hydrogens is 485 g/mol. The van der Waals surface area contributed by atoms with E-state index in [4.69, 9.17) is 4.74 Å². The second kappa shape index (κ2) is 10.00. The average molecular weight is 511 g/mol. The van der Waals surface area contributed by atoms with Gasteiger partial charge in [-0.15, -0.1) is 13.2 Å². The lowest BCUT2D eigenvalue weighted by atomic mass is 10.1. The molecule has 0 amide bonds. The summed E-state index contributed by atoms with van der Waals surface area (Å²) in [5.74, 6) is 1.88. The number of pyridine rings is 1. The number of methoxy groups -OCH3 is 1. The summed E-state index contributed by atoms with van der Waals surface area (Å²) < 4.78 is 46.2. The first-order valence-electron chi connectivity index (χ1n) is 11.7. The van der Waals surface area contributed by atoms with Crippen LogP contribution in [0.1, 0.15) is 16.8 Å². The van der Waals surface area contributed by atoms with Gasteiger partial charge in [-0.2, -0.15) is 0 Å². The smallest absolute Gasteiger partial charge is 0.481 e. The summed E-state index contributed by atoms with van der Waals surface area (Å²) in [6.07, 6.45) is 1.54. The lowest BCUT2D eigenvalue weighted by Gasteiger charge is -2.38. The number of piperazine rings is 1. The van der Waals surface area contributed by atoms with E-state index in [1.807, 2.05) is 12.1 Å². The van der Waals surface area contributed by atoms with Gasteiger partial charge < -0.3 is 24.6 Å². The maximum Gasteiger partial charge on any atom is 0.573 e. The number of nitrogens with zero attached hydrogens (tertiary/aromatic N) is 5. The molecule has 0 unspecified atom stereocenters. The predicted octanol–water partition coefficient (Wildman–Crippen LogP) is 4.58. The predicted molar refractivity (Wildman–Crippen MR) is 134 cm³/mol. The third-order valence-electron chi connectivity index (χ3n) is 6.28. The monoisotopic (exact) mass is 510 g/mol. The van der Waals surface area contributed by atoms with Crippen molar-refractivity contribution in [3.63, 3.8) is 0 Å². The molecule has 1 N–H and O–H groups in total. The topological polar surface area (TPSA) is 75.6 Å². The number of hydrogen-bond donors (Lipinski definition) is 1. The van der Waals surface area contributed by atoms with Crippen molar-refractivity contribution < 1.29 is 22.6 Å². The average Bonchev–Trinajstić information content (AvgIpc) is 3.34. The van der Waals surface area contributed by atoms with Crippen molar-refractivity contribution in [2.75, 3.05) is 43.5 Å². The highest BCUT2D eigenvalue weighted by molar-refractivity contribution is 5.91. The van der Waals surface area contributed by atoms with E-state index in [9.17, 15) is 13.2 Å². The summed E-state index contributed by atoms with van der Waals surface area (Å²) in [5, 5.41) is 3.16. The fraction of sp³-hybridized carbons (Fsp3) is 0.269. The standard InChI is InChI=1S/C26H25F3N6O2/c1-17(33-20-4-6-21(7-5-20)37-26(27,28)29)34-9-11-35(12-10-34)25-22-13-19(14-23(22)31-16-32-25)18-3-8-24(36-2)30-15-18/h3-8,13,15-16,33H,1,9-12,14H2,2H3. The highest BCUT2D eigenvalue weighted by Gasteiger charge is 2.31. The van der Waals surface area contributed by atoms with Crippen LogP contribution in [0.5, 0.6) is 11.6 Å². The van der Waals surface area contributed by atoms with Crippen molar-refractivity contribution >= 4 is 23.2 Å². The van der Waals surface area contributed by atoms with E-state index >= 15 is 0 Å². The van der Waals surface area contributed by atoms with Crippen LogP contribution in [0.4, 0.5) is 24.7 Å². The Bertz CT molecular complexity index is 1300. The van der Waals surface area contributed by atoms with Crippen LogP contribution in [0, 0.1) is 0 Å². The molecule has 0 atom stereocenters. The minimum Gasteiger partial charge on any atom is -0.481 e. The summed E-state index contributed by atoms with van der Waals surface area (Å²) in [4.78, 5) is 17.7. The van der Waals surface area contributed by atoms with E-state index in [1.54, 1.807) is 19.6 Å². The van der Waals surface area contributed by atoms with Gasteiger partial charge in [-0.1, -0.05) is 6.58 Å². The minimum absolute atomic E-state index is 0.268. The maximum absolute atomic E-state index is 12.4. The second-order valence-corrected chi connectivity index (χ2v) is 8.61. The molecule has 8 nitrogen and oxygen atoms in total. The molecule has 1 aromatic carbocycles. The molecule has 3 aromatic rings. The van der Waals surface area contributed by atoms with Gasteiger partial charge in [0.05, 0.1) is 18.6 Å². The van der Waals surface area contributed by atoms with Crippen molar-refractivity contribution in [1.82, 2.24) is 19.9 Å². The molecule has 192 valence electrons. The van der Waals surface area contributed by atoms with Crippen LogP contribution in [0.25, 0.3) is 11.6 Å². The van der Waals surface area contributed by atoms with Crippen LogP contribution in [0.2, 0.25) is 0 Å². The van der Waals surface area contributed by atoms with E-state index in [1.165, 1.54) is 24.3 Å². The van der Waals surface area contributed by atoms with Gasteiger partial charge in [0.15, 0.2) is 0 Å². The summed E-state index contributed by atoms with van der Waals surface area (Å²) in [6, 6.07) is 9.41. The van der Waals surface area contributed by atoms with Crippen LogP contribution in [-0.4, -0.2) is 59.5 Å². The van der Waals surface area contributed by atoms with Gasteiger partial charge in [0, 0.05) is 56.1 Å². The molecule has 0 radical (unpaired) electrons. The Balaban J connectivity index is 1.21. The zero-order valence-electron chi connectivity index (χ0n) is 20.1. The summed E-state index contributed by atoms with van der Waals surface area (Å²) >= 11 is 0. The summed E-state index contributed by atoms with van der Waals surface area (Å²) in [5.41, 5.74) is 4.80. The molecular formula is C26H25F3N6O2. The Morgan fingerprint density at radius 2 is 1.76 bits per heavy atom. The largest absolute Gasteiger partial charge is 0.573 e. The van der Waals surface area contributed by atoms with E-state index in [-0.39, 0.29) is 5.75 Å². The number of halogens is 3. The third-order valence-corrected chi connectivity index (χ3v) is 6.28. The lowest BCUT2D eigenvalue weighted by Crippen LogP contribution is -2.47. The van der Waals surface area contributed by atoms with Gasteiger partial charge >= 0.3 is 6.36 Å². The van der Waals surface area contributed by atoms with Crippen LogP contribution in [0.3, 0.4) is 0 Å². The molecule has 1 fully saturated rings. The zero-order valence-corrected chi connectivity index (χ0v) is 20.1. The van der Waals surface area contributed by atoms with Crippen molar-refractivity contribution in [3.8, 4) is 11.6 Å². The normalized spacial score (nSPS) is 15.2. The summed E-state index contributed by atoms with van der Waals surface area (Å²) in [6.45, 7) is 6.98. The SMILES string of the molecule is C=C(Nc1ccc(OC(F)(F)F)cc1)N1CCN(c2ncnc3c2C=C(c2ccc(OC)nc2)C3)CC1. The molecule has 0 spiro atoms. The number of benzene rings is 1. The van der Waals surface area contributed by atoms with Crippen LogP contribution >= 0.6 is 0 Å². The fourth-order valence-electron chi connectivity index (χ4n) is 4.42. The molecule has 0 saturated carbocycles. The van der Waals surface area contributed by atoms with E-state index in [0.29, 0.717) is 36.9 Å². The van der Waals surface area contributed by atoms with E-state index < -0.39 is 6.36 Å². The fourth-order valence-corrected chi connectivity index (χ4v) is 4.42. The number of alkyl halides is 3. The minimum atomic E-state index is -4.72. The molecule has 11 heteroatoms. The van der Waals surface area contributed by atoms with Gasteiger partial charge in [0.2, 0.25) is 5.88 Å². The Hall–Kier alpha value is -4.28. The molecule has 5 rings (SSSR count). The Labute approximate surface area is 212 Å². The maximum atomic E-state index is 12.4. The molecule has 2 aromatic heterocycles. The number of aromatic nitrogens is 3. The Morgan fingerprint density at radius 3 is 2.41 bits per heavy atom. The first-order chi connectivity index (χ1) is 17.8. The van der Waals surface area contributed by atoms with Gasteiger partial charge in [-0.05, 0) is 47.5 Å². The van der Waals surface area contributed by atoms with Crippen molar-refractivity contribution in [2.24, 2.45) is 0 Å². The molecule has 2 aliphatic rings. The zero-order chi connectivity index (χ0) is 26.0. The third kappa shape index (κ3) is 5.60. The molecule has 1 aliphatic heterocycles. The van der Waals surface area contributed by atoms with Gasteiger partial charge in [0.25, 0.3) is 0 Å². The number of hydrogen-bond acceptors (Lipinski definition) is 8. The summed E-state index contributed by atoms with van der Waals surface area (Å²) in [7, 11) is 1.59. The van der Waals surface area contributed by atoms with Crippen molar-refractivity contribution in [2.45, 2.75) is 12.8 Å². The number of fused-ring (bicyclic) bond motifs is 1. The molecule has 3 heterocycles. The number of ether oxygens (including phenoxy) is 2. The van der Waals surface area contributed by atoms with Gasteiger partial charge in [-0.3, -0.25) is 0 Å². The van der Waals surface area contributed by atoms with Crippen molar-refractivity contribution in [3.05, 3.63) is 78.1 Å². The number of nitrogens with one attached hydrogen (secondary N) is 1. The highest BCUT2D eigenvalue weighted by atomic mass is 19.4. The van der Waals surface area contributed by atoms with Crippen LogP contribution < -0.4 is 19.7 Å². The number of rotatable bonds is 7. The molecule has 1 aliphatic carbocycles. The first-order valence-corrected chi connectivity index (χ1v) is 11.7. The first kappa shape index (κ1) is 24.4. The molecule has 1 saturated heterocycles. The van der Waals surface area contributed by atoms with Gasteiger partial charge in [-0.25, -0.2) is 15.0 Å². The van der Waals surface area contributed by atoms with Crippen molar-refractivity contribution in [1.29, 1.82) is 0 Å². The highest BCUT2D eigenvalue weighted by Crippen LogP contribution is 2.35. The lowest BCUT2D eigenvalue weighted by molar-refractivity contribution is -0.274. The second-order valence-electron chi connectivity index (χ2n) is 8.61. The van der Waals surface area contributed by atoms with Gasteiger partial charge in [0.1, 0.15) is 17.9 Å². The Morgan fingerprint density at radius 1 is 1.00 bits per heavy atom. The van der Waals surface area contributed by atoms with E-state index in [0.717, 1.165) is 41.3 Å². The van der Waals surface area contributed by atoms with Crippen LogP contribution in [0.15, 0.2) is 61.3 Å². The molecule has 0 bridgehead atoms. The van der Waals surface area contributed by atoms with Crippen LogP contribution in [-0.2, 0) is 6.42 Å². The number of anilines is 2. The molecule has 37 heavy (non-hydrogen) atoms. The quantitative estimate of drug-likeness (QED) is 0.495.